The molecule has 0 spiro atoms. The number of hydrogen-bond acceptors (Lipinski definition) is 4. The number of halogens is 3. The van der Waals surface area contributed by atoms with E-state index in [2.05, 4.69) is 41.4 Å². The van der Waals surface area contributed by atoms with Crippen LogP contribution in [-0.2, 0) is 4.74 Å². The van der Waals surface area contributed by atoms with Gasteiger partial charge in [0.25, 0.3) is 0 Å². The van der Waals surface area contributed by atoms with Gasteiger partial charge in [0.05, 0.1) is 0 Å². The molecule has 172 valence electrons. The lowest BCUT2D eigenvalue weighted by molar-refractivity contribution is -0.0437. The van der Waals surface area contributed by atoms with E-state index >= 15 is 0 Å². The van der Waals surface area contributed by atoms with E-state index in [4.69, 9.17) is 4.74 Å². The van der Waals surface area contributed by atoms with Gasteiger partial charge in [0.2, 0.25) is 0 Å². The zero-order valence-electron chi connectivity index (χ0n) is 18.8. The Balaban J connectivity index is 1.88. The van der Waals surface area contributed by atoms with Crippen molar-refractivity contribution >= 4 is 27.0 Å². The first-order valence-corrected chi connectivity index (χ1v) is 14.3. The van der Waals surface area contributed by atoms with Crippen molar-refractivity contribution in [2.45, 2.75) is 83.1 Å². The molecule has 6 atom stereocenters. The molecular weight excluding hydrogens is 411 g/mol. The van der Waals surface area contributed by atoms with Crippen LogP contribution < -0.4 is 0 Å². The maximum atomic E-state index is 14.0. The Morgan fingerprint density at radius 3 is 2.57 bits per heavy atom. The standard InChI is InChI=1S/C20H36F3N5OSi/c1-14(27-11-16(21)9-19(27)17-10-18(22)20(17)23)25-12-26-15(2)28(24-3)13-29-7-8-30(4,5)6/h12,14,16-20H,3,7-11,13H2,1-2,4-6H3/t14?,16-,17?,18?,19+,20-/m0/s1. The molecule has 1 saturated heterocycles. The van der Waals surface area contributed by atoms with Gasteiger partial charge in [0, 0.05) is 39.9 Å². The van der Waals surface area contributed by atoms with Gasteiger partial charge in [-0.2, -0.15) is 5.10 Å². The predicted molar refractivity (Wildman–Crippen MR) is 119 cm³/mol. The van der Waals surface area contributed by atoms with E-state index in [1.807, 2.05) is 11.8 Å². The third-order valence-electron chi connectivity index (χ3n) is 5.84. The summed E-state index contributed by atoms with van der Waals surface area (Å²) in [5.74, 6) is 0.107. The molecule has 10 heteroatoms. The second kappa shape index (κ2) is 10.9. The molecule has 30 heavy (non-hydrogen) atoms. The number of ether oxygens (including phenoxy) is 1. The summed E-state index contributed by atoms with van der Waals surface area (Å²) in [6.07, 6.45) is -2.58. The Labute approximate surface area is 179 Å². The molecule has 0 N–H and O–H groups in total. The number of likely N-dealkylation sites (tertiary alicyclic amines) is 1. The molecule has 1 heterocycles. The smallest absolute Gasteiger partial charge is 0.141 e. The SMILES string of the molecule is C=NN(COCC[Si](C)(C)C)C(C)=NC=NC(C)N1C[C@@H](F)C[C@@H]1C1CC(F)[C@H]1F. The Morgan fingerprint density at radius 1 is 1.30 bits per heavy atom. The van der Waals surface area contributed by atoms with Crippen LogP contribution in [0.15, 0.2) is 15.1 Å². The number of nitrogens with zero attached hydrogens (tertiary/aromatic N) is 5. The predicted octanol–water partition coefficient (Wildman–Crippen LogP) is 4.12. The van der Waals surface area contributed by atoms with Crippen LogP contribution in [0, 0.1) is 5.92 Å². The van der Waals surface area contributed by atoms with Gasteiger partial charge in [-0.15, -0.1) is 0 Å². The van der Waals surface area contributed by atoms with E-state index in [0.29, 0.717) is 12.4 Å². The summed E-state index contributed by atoms with van der Waals surface area (Å²) in [7, 11) is -1.16. The average molecular weight is 448 g/mol. The largest absolute Gasteiger partial charge is 0.359 e. The fourth-order valence-electron chi connectivity index (χ4n) is 3.78. The van der Waals surface area contributed by atoms with Crippen LogP contribution >= 0.6 is 0 Å². The molecule has 2 fully saturated rings. The highest BCUT2D eigenvalue weighted by molar-refractivity contribution is 6.76. The van der Waals surface area contributed by atoms with Crippen molar-refractivity contribution in [2.75, 3.05) is 19.9 Å². The summed E-state index contributed by atoms with van der Waals surface area (Å²) in [4.78, 5) is 10.5. The lowest BCUT2D eigenvalue weighted by Crippen LogP contribution is -2.52. The highest BCUT2D eigenvalue weighted by Gasteiger charge is 2.51. The first-order chi connectivity index (χ1) is 14.0. The van der Waals surface area contributed by atoms with Crippen molar-refractivity contribution in [3.05, 3.63) is 0 Å². The van der Waals surface area contributed by atoms with Crippen molar-refractivity contribution in [1.82, 2.24) is 9.91 Å². The number of alkyl halides is 3. The monoisotopic (exact) mass is 447 g/mol. The number of hydrogen-bond donors (Lipinski definition) is 0. The van der Waals surface area contributed by atoms with Gasteiger partial charge in [0.15, 0.2) is 0 Å². The van der Waals surface area contributed by atoms with Crippen molar-refractivity contribution in [3.8, 4) is 0 Å². The number of aliphatic imine (C=N–C) groups is 2. The molecule has 3 unspecified atom stereocenters. The fraction of sp³-hybridized carbons (Fsp3) is 0.850. The number of rotatable bonds is 10. The van der Waals surface area contributed by atoms with Gasteiger partial charge < -0.3 is 4.74 Å². The summed E-state index contributed by atoms with van der Waals surface area (Å²) in [6.45, 7) is 15.1. The molecule has 0 aromatic carbocycles. The molecule has 0 bridgehead atoms. The third-order valence-corrected chi connectivity index (χ3v) is 7.54. The van der Waals surface area contributed by atoms with Gasteiger partial charge in [-0.1, -0.05) is 19.6 Å². The Hall–Kier alpha value is -1.26. The zero-order chi connectivity index (χ0) is 22.5. The van der Waals surface area contributed by atoms with E-state index in [-0.39, 0.29) is 38.3 Å². The second-order valence-corrected chi connectivity index (χ2v) is 15.0. The van der Waals surface area contributed by atoms with Crippen LogP contribution in [0.2, 0.25) is 25.7 Å². The van der Waals surface area contributed by atoms with Crippen LogP contribution in [0.5, 0.6) is 0 Å². The average Bonchev–Trinajstić information content (AvgIpc) is 3.05. The lowest BCUT2D eigenvalue weighted by Gasteiger charge is -2.42. The third kappa shape index (κ3) is 6.88. The molecule has 2 rings (SSSR count). The van der Waals surface area contributed by atoms with Gasteiger partial charge in [-0.25, -0.2) is 23.2 Å². The molecular formula is C20H36F3N5OSi. The van der Waals surface area contributed by atoms with Crippen LogP contribution in [0.4, 0.5) is 13.2 Å². The maximum absolute atomic E-state index is 14.0. The van der Waals surface area contributed by atoms with Crippen molar-refractivity contribution < 1.29 is 17.9 Å². The minimum absolute atomic E-state index is 0.153. The minimum Gasteiger partial charge on any atom is -0.359 e. The Morgan fingerprint density at radius 2 is 2.00 bits per heavy atom. The minimum atomic E-state index is -1.51. The molecule has 2 aliphatic rings. The molecule has 6 nitrogen and oxygen atoms in total. The van der Waals surface area contributed by atoms with Crippen molar-refractivity contribution in [2.24, 2.45) is 21.0 Å². The van der Waals surface area contributed by atoms with Crippen LogP contribution in [-0.4, -0.2) is 87.5 Å². The van der Waals surface area contributed by atoms with E-state index in [0.717, 1.165) is 6.04 Å². The lowest BCUT2D eigenvalue weighted by atomic mass is 9.75. The second-order valence-electron chi connectivity index (χ2n) is 9.42. The van der Waals surface area contributed by atoms with Gasteiger partial charge in [-0.05, 0) is 32.7 Å². The quantitative estimate of drug-likeness (QED) is 0.126. The zero-order valence-corrected chi connectivity index (χ0v) is 19.8. The highest BCUT2D eigenvalue weighted by Crippen LogP contribution is 2.42. The number of hydrazone groups is 1. The van der Waals surface area contributed by atoms with E-state index in [1.165, 1.54) is 6.34 Å². The molecule has 0 aromatic heterocycles. The van der Waals surface area contributed by atoms with E-state index < -0.39 is 32.5 Å². The van der Waals surface area contributed by atoms with Crippen molar-refractivity contribution in [1.29, 1.82) is 0 Å². The molecule has 0 amide bonds. The molecule has 0 aromatic rings. The van der Waals surface area contributed by atoms with Gasteiger partial charge in [0.1, 0.15) is 43.6 Å². The fourth-order valence-corrected chi connectivity index (χ4v) is 4.54. The van der Waals surface area contributed by atoms with Gasteiger partial charge >= 0.3 is 0 Å². The van der Waals surface area contributed by atoms with Crippen LogP contribution in [0.1, 0.15) is 26.7 Å². The topological polar surface area (TPSA) is 52.8 Å². The first kappa shape index (κ1) is 25.0. The summed E-state index contributed by atoms with van der Waals surface area (Å²) >= 11 is 0. The molecule has 1 aliphatic heterocycles. The van der Waals surface area contributed by atoms with E-state index in [1.54, 1.807) is 11.9 Å². The summed E-state index contributed by atoms with van der Waals surface area (Å²) < 4.78 is 46.7. The van der Waals surface area contributed by atoms with Crippen molar-refractivity contribution in [3.63, 3.8) is 0 Å². The number of amidine groups is 1. The molecule has 0 radical (unpaired) electrons. The van der Waals surface area contributed by atoms with Crippen LogP contribution in [0.3, 0.4) is 0 Å². The normalized spacial score (nSPS) is 31.7. The Kier molecular flexibility index (Phi) is 9.05. The van der Waals surface area contributed by atoms with E-state index in [9.17, 15) is 13.2 Å². The Bertz CT molecular complexity index is 630. The summed E-state index contributed by atoms with van der Waals surface area (Å²) in [6, 6.07) is 0.731. The highest BCUT2D eigenvalue weighted by atomic mass is 28.3. The molecule has 1 aliphatic carbocycles. The van der Waals surface area contributed by atoms with Gasteiger partial charge in [-0.3, -0.25) is 9.89 Å². The summed E-state index contributed by atoms with van der Waals surface area (Å²) in [5, 5.41) is 5.46. The maximum Gasteiger partial charge on any atom is 0.141 e. The van der Waals surface area contributed by atoms with Crippen LogP contribution in [0.25, 0.3) is 0 Å². The summed E-state index contributed by atoms with van der Waals surface area (Å²) in [5.41, 5.74) is 0. The molecule has 1 saturated carbocycles. The first-order valence-electron chi connectivity index (χ1n) is 10.6.